The van der Waals surface area contributed by atoms with E-state index >= 15 is 0 Å². The molecule has 1 N–H and O–H groups in total. The minimum Gasteiger partial charge on any atom is -0.484 e. The van der Waals surface area contributed by atoms with E-state index in [4.69, 9.17) is 4.74 Å². The van der Waals surface area contributed by atoms with Gasteiger partial charge in [0, 0.05) is 18.5 Å². The maximum atomic E-state index is 11.2. The molecule has 2 aliphatic rings. The molecule has 1 aromatic rings. The Bertz CT molecular complexity index is 567. The molecule has 0 spiro atoms. The summed E-state index contributed by atoms with van der Waals surface area (Å²) in [6, 6.07) is 0. The van der Waals surface area contributed by atoms with Crippen LogP contribution < -0.4 is 9.64 Å². The van der Waals surface area contributed by atoms with Crippen molar-refractivity contribution in [2.75, 3.05) is 18.1 Å². The molecule has 2 aliphatic heterocycles. The molecule has 0 bridgehead atoms. The van der Waals surface area contributed by atoms with E-state index < -0.39 is 5.60 Å². The normalized spacial score (nSPS) is 24.1. The predicted molar refractivity (Wildman–Crippen MR) is 72.9 cm³/mol. The molecule has 1 amide bonds. The van der Waals surface area contributed by atoms with Gasteiger partial charge in [0.25, 0.3) is 0 Å². The van der Waals surface area contributed by atoms with E-state index in [9.17, 15) is 9.90 Å². The van der Waals surface area contributed by atoms with E-state index in [0.29, 0.717) is 6.42 Å². The van der Waals surface area contributed by atoms with Gasteiger partial charge in [-0.25, -0.2) is 0 Å². The number of carbonyl (C=O) groups excluding carboxylic acids is 1. The predicted octanol–water partition coefficient (Wildman–Crippen LogP) is 1.51. The van der Waals surface area contributed by atoms with Crippen LogP contribution in [0.2, 0.25) is 0 Å². The van der Waals surface area contributed by atoms with Crippen molar-refractivity contribution in [3.63, 3.8) is 0 Å². The monoisotopic (exact) mass is 261 g/mol. The lowest BCUT2D eigenvalue weighted by Gasteiger charge is -2.21. The average Bonchev–Trinajstić information content (AvgIpc) is 2.98. The number of nitrogens with zero attached hydrogens (tertiary/aromatic N) is 1. The fraction of sp³-hybridized carbons (Fsp3) is 0.533. The van der Waals surface area contributed by atoms with Gasteiger partial charge < -0.3 is 14.7 Å². The molecule has 19 heavy (non-hydrogen) atoms. The highest BCUT2D eigenvalue weighted by atomic mass is 16.5. The van der Waals surface area contributed by atoms with Crippen molar-refractivity contribution in [1.82, 2.24) is 0 Å². The van der Waals surface area contributed by atoms with E-state index in [1.165, 1.54) is 5.56 Å². The van der Waals surface area contributed by atoms with Crippen molar-refractivity contribution in [3.8, 4) is 5.75 Å². The SMILES string of the molecule is Cc1c2c(c(C)c3c1OC(C)(CO)C3)N(C=O)CC2. The first-order valence-electron chi connectivity index (χ1n) is 6.67. The summed E-state index contributed by atoms with van der Waals surface area (Å²) in [5.74, 6) is 0.917. The Hall–Kier alpha value is -1.55. The van der Waals surface area contributed by atoms with Crippen LogP contribution in [-0.4, -0.2) is 30.3 Å². The van der Waals surface area contributed by atoms with Gasteiger partial charge in [-0.15, -0.1) is 0 Å². The number of aliphatic hydroxyl groups excluding tert-OH is 1. The van der Waals surface area contributed by atoms with E-state index in [0.717, 1.165) is 47.5 Å². The maximum Gasteiger partial charge on any atom is 0.214 e. The molecular formula is C15H19NO3. The number of aliphatic hydroxyl groups is 1. The molecule has 2 heterocycles. The second-order valence-corrected chi connectivity index (χ2v) is 5.82. The van der Waals surface area contributed by atoms with Crippen LogP contribution in [-0.2, 0) is 17.6 Å². The number of hydrogen-bond donors (Lipinski definition) is 1. The number of hydrogen-bond acceptors (Lipinski definition) is 3. The topological polar surface area (TPSA) is 49.8 Å². The zero-order valence-electron chi connectivity index (χ0n) is 11.6. The lowest BCUT2D eigenvalue weighted by atomic mass is 9.92. The molecule has 0 fully saturated rings. The van der Waals surface area contributed by atoms with Gasteiger partial charge in [-0.3, -0.25) is 4.79 Å². The summed E-state index contributed by atoms with van der Waals surface area (Å²) in [6.07, 6.45) is 2.49. The van der Waals surface area contributed by atoms with Crippen molar-refractivity contribution in [1.29, 1.82) is 0 Å². The quantitative estimate of drug-likeness (QED) is 0.821. The molecule has 1 unspecified atom stereocenters. The number of amides is 1. The third-order valence-electron chi connectivity index (χ3n) is 4.41. The van der Waals surface area contributed by atoms with Crippen molar-refractivity contribution < 1.29 is 14.6 Å². The maximum absolute atomic E-state index is 11.2. The zero-order valence-corrected chi connectivity index (χ0v) is 11.6. The molecule has 0 saturated heterocycles. The summed E-state index contributed by atoms with van der Waals surface area (Å²) in [6.45, 7) is 6.78. The van der Waals surface area contributed by atoms with Crippen LogP contribution in [0.3, 0.4) is 0 Å². The second-order valence-electron chi connectivity index (χ2n) is 5.82. The minimum absolute atomic E-state index is 0.00260. The van der Waals surface area contributed by atoms with Crippen molar-refractivity contribution in [2.45, 2.75) is 39.2 Å². The van der Waals surface area contributed by atoms with Gasteiger partial charge in [-0.1, -0.05) is 0 Å². The second kappa shape index (κ2) is 3.97. The lowest BCUT2D eigenvalue weighted by molar-refractivity contribution is -0.107. The van der Waals surface area contributed by atoms with Gasteiger partial charge in [0.1, 0.15) is 11.4 Å². The van der Waals surface area contributed by atoms with E-state index in [1.54, 1.807) is 4.90 Å². The first-order valence-corrected chi connectivity index (χ1v) is 6.67. The summed E-state index contributed by atoms with van der Waals surface area (Å²) in [5.41, 5.74) is 5.12. The molecule has 4 nitrogen and oxygen atoms in total. The highest BCUT2D eigenvalue weighted by molar-refractivity contribution is 5.84. The number of anilines is 1. The van der Waals surface area contributed by atoms with Crippen molar-refractivity contribution in [2.24, 2.45) is 0 Å². The number of rotatable bonds is 2. The lowest BCUT2D eigenvalue weighted by Crippen LogP contribution is -2.34. The molecule has 0 aliphatic carbocycles. The summed E-state index contributed by atoms with van der Waals surface area (Å²) < 4.78 is 5.99. The van der Waals surface area contributed by atoms with Crippen LogP contribution in [0.15, 0.2) is 0 Å². The first-order chi connectivity index (χ1) is 9.00. The molecule has 4 heteroatoms. The molecule has 102 valence electrons. The van der Waals surface area contributed by atoms with Gasteiger partial charge in [0.05, 0.1) is 12.3 Å². The molecule has 0 radical (unpaired) electrons. The summed E-state index contributed by atoms with van der Waals surface area (Å²) in [7, 11) is 0. The van der Waals surface area contributed by atoms with Crippen molar-refractivity contribution >= 4 is 12.1 Å². The summed E-state index contributed by atoms with van der Waals surface area (Å²) >= 11 is 0. The fourth-order valence-electron chi connectivity index (χ4n) is 3.32. The van der Waals surface area contributed by atoms with Crippen LogP contribution >= 0.6 is 0 Å². The Morgan fingerprint density at radius 3 is 2.74 bits per heavy atom. The highest BCUT2D eigenvalue weighted by Gasteiger charge is 2.39. The van der Waals surface area contributed by atoms with Crippen LogP contribution in [0.1, 0.15) is 29.2 Å². The molecule has 3 rings (SSSR count). The summed E-state index contributed by atoms with van der Waals surface area (Å²) in [4.78, 5) is 13.0. The van der Waals surface area contributed by atoms with E-state index in [2.05, 4.69) is 6.92 Å². The van der Waals surface area contributed by atoms with Crippen LogP contribution in [0.4, 0.5) is 5.69 Å². The molecular weight excluding hydrogens is 242 g/mol. The summed E-state index contributed by atoms with van der Waals surface area (Å²) in [5, 5.41) is 9.50. The van der Waals surface area contributed by atoms with E-state index in [-0.39, 0.29) is 6.61 Å². The molecule has 1 aromatic carbocycles. The van der Waals surface area contributed by atoms with E-state index in [1.807, 2.05) is 13.8 Å². The third kappa shape index (κ3) is 1.59. The number of fused-ring (bicyclic) bond motifs is 2. The Balaban J connectivity index is 2.20. The molecule has 0 aromatic heterocycles. The fourth-order valence-corrected chi connectivity index (χ4v) is 3.32. The average molecular weight is 261 g/mol. The smallest absolute Gasteiger partial charge is 0.214 e. The van der Waals surface area contributed by atoms with Crippen LogP contribution in [0.25, 0.3) is 0 Å². The Morgan fingerprint density at radius 1 is 1.37 bits per heavy atom. The van der Waals surface area contributed by atoms with Gasteiger partial charge in [0.2, 0.25) is 6.41 Å². The van der Waals surface area contributed by atoms with Gasteiger partial charge in [-0.05, 0) is 43.9 Å². The number of ether oxygens (including phenoxy) is 1. The van der Waals surface area contributed by atoms with Gasteiger partial charge in [0.15, 0.2) is 0 Å². The van der Waals surface area contributed by atoms with Gasteiger partial charge >= 0.3 is 0 Å². The number of benzene rings is 1. The number of carbonyl (C=O) groups is 1. The van der Waals surface area contributed by atoms with Gasteiger partial charge in [-0.2, -0.15) is 0 Å². The zero-order chi connectivity index (χ0) is 13.8. The Kier molecular flexibility index (Phi) is 2.61. The highest BCUT2D eigenvalue weighted by Crippen LogP contribution is 2.47. The first kappa shape index (κ1) is 12.5. The largest absolute Gasteiger partial charge is 0.484 e. The Morgan fingerprint density at radius 2 is 2.11 bits per heavy atom. The standard InChI is InChI=1S/C15H19NO3/c1-9-12-6-15(3,7-17)19-14(12)10(2)11-4-5-16(8-18)13(9)11/h8,17H,4-7H2,1-3H3. The molecule has 0 saturated carbocycles. The van der Waals surface area contributed by atoms with Crippen LogP contribution in [0.5, 0.6) is 5.75 Å². The Labute approximate surface area is 113 Å². The third-order valence-corrected chi connectivity index (χ3v) is 4.41. The minimum atomic E-state index is -0.529. The van der Waals surface area contributed by atoms with Crippen molar-refractivity contribution in [3.05, 3.63) is 22.3 Å². The van der Waals surface area contributed by atoms with Crippen LogP contribution in [0, 0.1) is 13.8 Å². The molecule has 1 atom stereocenters.